The van der Waals surface area contributed by atoms with Gasteiger partial charge in [0.25, 0.3) is 0 Å². The molecule has 1 saturated carbocycles. The van der Waals surface area contributed by atoms with E-state index in [1.165, 1.54) is 0 Å². The van der Waals surface area contributed by atoms with Crippen molar-refractivity contribution < 1.29 is 14.3 Å². The maximum absolute atomic E-state index is 12.4. The van der Waals surface area contributed by atoms with Crippen LogP contribution in [0.2, 0.25) is 0 Å². The van der Waals surface area contributed by atoms with Gasteiger partial charge in [0.2, 0.25) is 5.91 Å². The molecule has 128 valence electrons. The summed E-state index contributed by atoms with van der Waals surface area (Å²) in [4.78, 5) is 16.8. The molecule has 6 nitrogen and oxygen atoms in total. The van der Waals surface area contributed by atoms with Crippen molar-refractivity contribution in [3.63, 3.8) is 0 Å². The number of carbonyl (C=O) groups is 1. The van der Waals surface area contributed by atoms with Crippen molar-refractivity contribution in [1.29, 1.82) is 0 Å². The Balaban J connectivity index is 1.35. The molecule has 0 radical (unpaired) electrons. The van der Waals surface area contributed by atoms with E-state index in [9.17, 15) is 4.79 Å². The molecule has 2 aromatic rings. The van der Waals surface area contributed by atoms with Crippen LogP contribution in [-0.2, 0) is 20.8 Å². The molecule has 1 aliphatic carbocycles. The molecule has 0 spiro atoms. The first-order valence-corrected chi connectivity index (χ1v) is 8.57. The second-order valence-corrected chi connectivity index (χ2v) is 6.68. The molecule has 1 N–H and O–H groups in total. The van der Waals surface area contributed by atoms with E-state index in [0.717, 1.165) is 24.1 Å². The van der Waals surface area contributed by atoms with Gasteiger partial charge < -0.3 is 19.4 Å². The number of fused-ring (bicyclic) bond motifs is 2. The van der Waals surface area contributed by atoms with Gasteiger partial charge in [0.05, 0.1) is 30.1 Å². The number of methoxy groups -OCH3 is 1. The Morgan fingerprint density at radius 3 is 3.21 bits per heavy atom. The Hall–Kier alpha value is -1.92. The molecule has 1 aromatic heterocycles. The van der Waals surface area contributed by atoms with E-state index in [1.807, 2.05) is 28.8 Å². The SMILES string of the molecule is COC[C@H]1[C@@H](NC(=O)CCn2cnc3ccccc32)[C@@H]2CCO[C@@H]21. The molecule has 2 fully saturated rings. The van der Waals surface area contributed by atoms with Gasteiger partial charge in [0.15, 0.2) is 0 Å². The van der Waals surface area contributed by atoms with Crippen LogP contribution in [0, 0.1) is 11.8 Å². The van der Waals surface area contributed by atoms with E-state index in [4.69, 9.17) is 9.47 Å². The highest BCUT2D eigenvalue weighted by molar-refractivity contribution is 5.78. The molecule has 1 aliphatic heterocycles. The average molecular weight is 329 g/mol. The van der Waals surface area contributed by atoms with Crippen LogP contribution in [0.5, 0.6) is 0 Å². The van der Waals surface area contributed by atoms with E-state index in [0.29, 0.717) is 25.5 Å². The van der Waals surface area contributed by atoms with Gasteiger partial charge >= 0.3 is 0 Å². The number of aromatic nitrogens is 2. The predicted octanol–water partition coefficient (Wildman–Crippen LogP) is 1.59. The summed E-state index contributed by atoms with van der Waals surface area (Å²) in [6.45, 7) is 2.07. The first-order chi connectivity index (χ1) is 11.8. The number of ether oxygens (including phenoxy) is 2. The molecule has 2 heterocycles. The Bertz CT molecular complexity index is 729. The van der Waals surface area contributed by atoms with E-state index in [2.05, 4.69) is 10.3 Å². The minimum Gasteiger partial charge on any atom is -0.384 e. The zero-order valence-corrected chi connectivity index (χ0v) is 13.9. The van der Waals surface area contributed by atoms with Crippen LogP contribution in [0.15, 0.2) is 30.6 Å². The maximum Gasteiger partial charge on any atom is 0.222 e. The number of nitrogens with one attached hydrogen (secondary N) is 1. The smallest absolute Gasteiger partial charge is 0.222 e. The highest BCUT2D eigenvalue weighted by atomic mass is 16.5. The van der Waals surface area contributed by atoms with Gasteiger partial charge in [-0.05, 0) is 18.6 Å². The first-order valence-electron chi connectivity index (χ1n) is 8.57. The molecule has 0 bridgehead atoms. The Morgan fingerprint density at radius 2 is 2.33 bits per heavy atom. The van der Waals surface area contributed by atoms with Crippen LogP contribution < -0.4 is 5.32 Å². The van der Waals surface area contributed by atoms with Crippen LogP contribution in [0.3, 0.4) is 0 Å². The molecule has 1 saturated heterocycles. The van der Waals surface area contributed by atoms with E-state index >= 15 is 0 Å². The molecule has 4 atom stereocenters. The monoisotopic (exact) mass is 329 g/mol. The molecule has 0 unspecified atom stereocenters. The maximum atomic E-state index is 12.4. The highest BCUT2D eigenvalue weighted by Crippen LogP contribution is 2.43. The lowest BCUT2D eigenvalue weighted by Gasteiger charge is -2.47. The summed E-state index contributed by atoms with van der Waals surface area (Å²) >= 11 is 0. The quantitative estimate of drug-likeness (QED) is 0.874. The summed E-state index contributed by atoms with van der Waals surface area (Å²) in [5.74, 6) is 0.813. The number of carbonyl (C=O) groups excluding carboxylic acids is 1. The molecule has 1 aromatic carbocycles. The molecule has 6 heteroatoms. The lowest BCUT2D eigenvalue weighted by molar-refractivity contribution is -0.130. The van der Waals surface area contributed by atoms with Crippen molar-refractivity contribution in [2.75, 3.05) is 20.3 Å². The van der Waals surface area contributed by atoms with Gasteiger partial charge in [-0.15, -0.1) is 0 Å². The van der Waals surface area contributed by atoms with Gasteiger partial charge in [0.1, 0.15) is 0 Å². The summed E-state index contributed by atoms with van der Waals surface area (Å²) < 4.78 is 13.1. The fraction of sp³-hybridized carbons (Fsp3) is 0.556. The van der Waals surface area contributed by atoms with Crippen LogP contribution >= 0.6 is 0 Å². The summed E-state index contributed by atoms with van der Waals surface area (Å²) in [5, 5.41) is 3.20. The number of rotatable bonds is 6. The van der Waals surface area contributed by atoms with Crippen molar-refractivity contribution in [2.45, 2.75) is 31.5 Å². The number of amides is 1. The van der Waals surface area contributed by atoms with Crippen molar-refractivity contribution >= 4 is 16.9 Å². The second kappa shape index (κ2) is 6.53. The number of para-hydroxylation sites is 2. The number of aryl methyl sites for hydroxylation is 1. The van der Waals surface area contributed by atoms with Crippen LogP contribution in [0.4, 0.5) is 0 Å². The molecule has 24 heavy (non-hydrogen) atoms. The minimum absolute atomic E-state index is 0.0873. The lowest BCUT2D eigenvalue weighted by Crippen LogP contribution is -2.62. The van der Waals surface area contributed by atoms with E-state index < -0.39 is 0 Å². The summed E-state index contributed by atoms with van der Waals surface area (Å²) in [6, 6.07) is 8.16. The fourth-order valence-corrected chi connectivity index (χ4v) is 4.10. The van der Waals surface area contributed by atoms with Crippen molar-refractivity contribution in [2.24, 2.45) is 11.8 Å². The third-order valence-corrected chi connectivity index (χ3v) is 5.32. The van der Waals surface area contributed by atoms with Gasteiger partial charge in [-0.1, -0.05) is 12.1 Å². The molecule has 2 aliphatic rings. The van der Waals surface area contributed by atoms with Gasteiger partial charge in [-0.25, -0.2) is 4.98 Å². The zero-order valence-electron chi connectivity index (χ0n) is 13.9. The molecular weight excluding hydrogens is 306 g/mol. The predicted molar refractivity (Wildman–Crippen MR) is 89.5 cm³/mol. The lowest BCUT2D eigenvalue weighted by atomic mass is 9.67. The first kappa shape index (κ1) is 15.6. The summed E-state index contributed by atoms with van der Waals surface area (Å²) in [7, 11) is 1.70. The Kier molecular flexibility index (Phi) is 4.24. The Morgan fingerprint density at radius 1 is 1.46 bits per heavy atom. The normalized spacial score (nSPS) is 28.5. The number of imidazole rings is 1. The number of hydrogen-bond donors (Lipinski definition) is 1. The van der Waals surface area contributed by atoms with Gasteiger partial charge in [-0.2, -0.15) is 0 Å². The van der Waals surface area contributed by atoms with Crippen LogP contribution in [0.1, 0.15) is 12.8 Å². The highest BCUT2D eigenvalue weighted by Gasteiger charge is 2.54. The summed E-state index contributed by atoms with van der Waals surface area (Å²) in [5.41, 5.74) is 2.03. The average Bonchev–Trinajstić information content (AvgIpc) is 3.20. The molecule has 4 rings (SSSR count). The third kappa shape index (κ3) is 2.70. The third-order valence-electron chi connectivity index (χ3n) is 5.32. The minimum atomic E-state index is 0.0873. The summed E-state index contributed by atoms with van der Waals surface area (Å²) in [6.07, 6.45) is 3.54. The largest absolute Gasteiger partial charge is 0.384 e. The Labute approximate surface area is 141 Å². The number of hydrogen-bond acceptors (Lipinski definition) is 4. The topological polar surface area (TPSA) is 65.4 Å². The zero-order chi connectivity index (χ0) is 16.5. The van der Waals surface area contributed by atoms with Crippen molar-refractivity contribution in [3.05, 3.63) is 30.6 Å². The van der Waals surface area contributed by atoms with Crippen LogP contribution in [-0.4, -0.2) is 47.9 Å². The van der Waals surface area contributed by atoms with Gasteiger partial charge in [0, 0.05) is 44.6 Å². The molecular formula is C18H23N3O3. The molecule has 1 amide bonds. The van der Waals surface area contributed by atoms with E-state index in [-0.39, 0.29) is 24.0 Å². The van der Waals surface area contributed by atoms with E-state index in [1.54, 1.807) is 13.4 Å². The second-order valence-electron chi connectivity index (χ2n) is 6.68. The standard InChI is InChI=1S/C18H23N3O3/c1-23-10-13-17(12-7-9-24-18(12)13)20-16(22)6-8-21-11-19-14-4-2-3-5-15(14)21/h2-5,11-13,17-18H,6-10H2,1H3,(H,20,22)/t12-,13-,17-,18-/m0/s1. The van der Waals surface area contributed by atoms with Gasteiger partial charge in [-0.3, -0.25) is 4.79 Å². The fourth-order valence-electron chi connectivity index (χ4n) is 4.10. The number of nitrogens with zero attached hydrogens (tertiary/aromatic N) is 2. The number of benzene rings is 1. The van der Waals surface area contributed by atoms with Crippen molar-refractivity contribution in [3.8, 4) is 0 Å². The van der Waals surface area contributed by atoms with Crippen molar-refractivity contribution in [1.82, 2.24) is 14.9 Å². The van der Waals surface area contributed by atoms with Crippen LogP contribution in [0.25, 0.3) is 11.0 Å².